The summed E-state index contributed by atoms with van der Waals surface area (Å²) < 4.78 is 7.06. The number of nitrogen functional groups attached to an aromatic ring is 1. The molecule has 1 aliphatic rings. The van der Waals surface area contributed by atoms with E-state index in [2.05, 4.69) is 10.1 Å². The van der Waals surface area contributed by atoms with Gasteiger partial charge in [-0.2, -0.15) is 9.61 Å². The molecule has 0 aromatic carbocycles. The summed E-state index contributed by atoms with van der Waals surface area (Å²) in [5, 5.41) is 4.28. The lowest BCUT2D eigenvalue weighted by atomic mass is 9.94. The zero-order valence-electron chi connectivity index (χ0n) is 8.97. The summed E-state index contributed by atoms with van der Waals surface area (Å²) in [4.78, 5) is 4.36. The third kappa shape index (κ3) is 1.44. The highest BCUT2D eigenvalue weighted by Gasteiger charge is 2.20. The van der Waals surface area contributed by atoms with Crippen LogP contribution in [-0.2, 0) is 4.74 Å². The molecule has 16 heavy (non-hydrogen) atoms. The first kappa shape index (κ1) is 9.59. The summed E-state index contributed by atoms with van der Waals surface area (Å²) >= 11 is 0. The highest BCUT2D eigenvalue weighted by Crippen LogP contribution is 2.29. The number of anilines is 1. The van der Waals surface area contributed by atoms with E-state index in [0.29, 0.717) is 11.7 Å². The maximum Gasteiger partial charge on any atom is 0.160 e. The minimum absolute atomic E-state index is 0.501. The van der Waals surface area contributed by atoms with Gasteiger partial charge in [0.15, 0.2) is 5.65 Å². The molecule has 0 spiro atoms. The average molecular weight is 218 g/mol. The van der Waals surface area contributed by atoms with Gasteiger partial charge in [0, 0.05) is 25.0 Å². The van der Waals surface area contributed by atoms with Gasteiger partial charge in [-0.25, -0.2) is 4.98 Å². The second kappa shape index (κ2) is 3.75. The van der Waals surface area contributed by atoms with Crippen LogP contribution in [0.15, 0.2) is 18.5 Å². The van der Waals surface area contributed by atoms with Gasteiger partial charge in [-0.3, -0.25) is 0 Å². The maximum atomic E-state index is 5.83. The van der Waals surface area contributed by atoms with Gasteiger partial charge in [-0.05, 0) is 24.8 Å². The molecule has 0 radical (unpaired) electrons. The summed E-state index contributed by atoms with van der Waals surface area (Å²) in [5.74, 6) is 1.13. The van der Waals surface area contributed by atoms with E-state index in [1.54, 1.807) is 16.8 Å². The van der Waals surface area contributed by atoms with E-state index in [9.17, 15) is 0 Å². The van der Waals surface area contributed by atoms with Crippen LogP contribution in [0.25, 0.3) is 5.65 Å². The van der Waals surface area contributed by atoms with Gasteiger partial charge in [0.1, 0.15) is 5.82 Å². The normalized spacial score (nSPS) is 18.0. The highest BCUT2D eigenvalue weighted by atomic mass is 16.5. The summed E-state index contributed by atoms with van der Waals surface area (Å²) in [6.07, 6.45) is 5.69. The second-order valence-corrected chi connectivity index (χ2v) is 4.09. The topological polar surface area (TPSA) is 65.4 Å². The largest absolute Gasteiger partial charge is 0.384 e. The fourth-order valence-corrected chi connectivity index (χ4v) is 2.22. The first-order valence-electron chi connectivity index (χ1n) is 5.52. The Morgan fingerprint density at radius 1 is 1.38 bits per heavy atom. The predicted molar refractivity (Wildman–Crippen MR) is 60.2 cm³/mol. The highest BCUT2D eigenvalue weighted by molar-refractivity contribution is 5.52. The quantitative estimate of drug-likeness (QED) is 0.781. The number of ether oxygens (including phenoxy) is 1. The van der Waals surface area contributed by atoms with Crippen molar-refractivity contribution in [2.75, 3.05) is 18.9 Å². The van der Waals surface area contributed by atoms with Crippen LogP contribution in [0.3, 0.4) is 0 Å². The lowest BCUT2D eigenvalue weighted by molar-refractivity contribution is 0.0855. The van der Waals surface area contributed by atoms with Gasteiger partial charge in [-0.1, -0.05) is 0 Å². The van der Waals surface area contributed by atoms with Gasteiger partial charge < -0.3 is 10.5 Å². The summed E-state index contributed by atoms with van der Waals surface area (Å²) in [6, 6.07) is 1.76. The van der Waals surface area contributed by atoms with Crippen LogP contribution in [0.4, 0.5) is 5.82 Å². The first-order chi connectivity index (χ1) is 7.86. The van der Waals surface area contributed by atoms with E-state index in [0.717, 1.165) is 31.7 Å². The van der Waals surface area contributed by atoms with Crippen LogP contribution in [0.1, 0.15) is 24.3 Å². The molecule has 0 atom stereocenters. The molecule has 1 fully saturated rings. The third-order valence-electron chi connectivity index (χ3n) is 3.12. The molecular weight excluding hydrogens is 204 g/mol. The van der Waals surface area contributed by atoms with Crippen molar-refractivity contribution in [3.8, 4) is 0 Å². The van der Waals surface area contributed by atoms with Gasteiger partial charge in [-0.15, -0.1) is 0 Å². The molecule has 0 unspecified atom stereocenters. The van der Waals surface area contributed by atoms with Crippen molar-refractivity contribution < 1.29 is 4.74 Å². The molecule has 1 saturated heterocycles. The van der Waals surface area contributed by atoms with Gasteiger partial charge >= 0.3 is 0 Å². The SMILES string of the molecule is Nc1ccnc2c(C3CCOCC3)cnn12. The molecule has 2 aromatic heterocycles. The number of hydrogen-bond acceptors (Lipinski definition) is 4. The van der Waals surface area contributed by atoms with Crippen LogP contribution in [-0.4, -0.2) is 27.8 Å². The molecule has 3 rings (SSSR count). The van der Waals surface area contributed by atoms with Crippen molar-refractivity contribution in [3.05, 3.63) is 24.0 Å². The fraction of sp³-hybridized carbons (Fsp3) is 0.455. The van der Waals surface area contributed by atoms with E-state index in [1.165, 1.54) is 5.56 Å². The molecule has 5 heteroatoms. The average Bonchev–Trinajstić information content (AvgIpc) is 2.75. The lowest BCUT2D eigenvalue weighted by Crippen LogP contribution is -2.14. The number of aromatic nitrogens is 3. The van der Waals surface area contributed by atoms with Gasteiger partial charge in [0.25, 0.3) is 0 Å². The summed E-state index contributed by atoms with van der Waals surface area (Å²) in [5.41, 5.74) is 7.91. The fourth-order valence-electron chi connectivity index (χ4n) is 2.22. The van der Waals surface area contributed by atoms with E-state index in [4.69, 9.17) is 10.5 Å². The molecule has 5 nitrogen and oxygen atoms in total. The molecule has 0 bridgehead atoms. The van der Waals surface area contributed by atoms with Crippen molar-refractivity contribution in [2.24, 2.45) is 0 Å². The third-order valence-corrected chi connectivity index (χ3v) is 3.12. The summed E-state index contributed by atoms with van der Waals surface area (Å²) in [6.45, 7) is 1.65. The minimum atomic E-state index is 0.501. The lowest BCUT2D eigenvalue weighted by Gasteiger charge is -2.20. The van der Waals surface area contributed by atoms with Crippen LogP contribution >= 0.6 is 0 Å². The Balaban J connectivity index is 2.06. The molecule has 1 aliphatic heterocycles. The smallest absolute Gasteiger partial charge is 0.160 e. The maximum absolute atomic E-state index is 5.83. The van der Waals surface area contributed by atoms with Crippen molar-refractivity contribution in [1.29, 1.82) is 0 Å². The van der Waals surface area contributed by atoms with Gasteiger partial charge in [0.05, 0.1) is 6.20 Å². The summed E-state index contributed by atoms with van der Waals surface area (Å²) in [7, 11) is 0. The molecule has 0 aliphatic carbocycles. The number of rotatable bonds is 1. The Hall–Kier alpha value is -1.62. The number of fused-ring (bicyclic) bond motifs is 1. The molecule has 2 aromatic rings. The molecule has 2 N–H and O–H groups in total. The predicted octanol–water partition coefficient (Wildman–Crippen LogP) is 1.21. The van der Waals surface area contributed by atoms with Crippen LogP contribution in [0.5, 0.6) is 0 Å². The second-order valence-electron chi connectivity index (χ2n) is 4.09. The Morgan fingerprint density at radius 3 is 3.00 bits per heavy atom. The van der Waals surface area contributed by atoms with E-state index < -0.39 is 0 Å². The minimum Gasteiger partial charge on any atom is -0.384 e. The van der Waals surface area contributed by atoms with E-state index in [1.807, 2.05) is 6.20 Å². The number of hydrogen-bond donors (Lipinski definition) is 1. The van der Waals surface area contributed by atoms with Crippen molar-refractivity contribution in [1.82, 2.24) is 14.6 Å². The Kier molecular flexibility index (Phi) is 2.25. The van der Waals surface area contributed by atoms with E-state index >= 15 is 0 Å². The molecule has 84 valence electrons. The van der Waals surface area contributed by atoms with Crippen molar-refractivity contribution in [2.45, 2.75) is 18.8 Å². The van der Waals surface area contributed by atoms with Crippen LogP contribution in [0, 0.1) is 0 Å². The van der Waals surface area contributed by atoms with Gasteiger partial charge in [0.2, 0.25) is 0 Å². The van der Waals surface area contributed by atoms with Crippen molar-refractivity contribution >= 4 is 11.5 Å². The Morgan fingerprint density at radius 2 is 2.19 bits per heavy atom. The number of nitrogens with two attached hydrogens (primary N) is 1. The zero-order valence-corrected chi connectivity index (χ0v) is 8.97. The molecule has 0 amide bonds. The first-order valence-corrected chi connectivity index (χ1v) is 5.52. The Labute approximate surface area is 93.2 Å². The number of nitrogens with zero attached hydrogens (tertiary/aromatic N) is 3. The Bertz CT molecular complexity index is 502. The molecule has 0 saturated carbocycles. The van der Waals surface area contributed by atoms with E-state index in [-0.39, 0.29) is 0 Å². The standard InChI is InChI=1S/C11H14N4O/c12-10-1-4-13-11-9(7-14-15(10)11)8-2-5-16-6-3-8/h1,4,7-8H,2-3,5-6,12H2. The van der Waals surface area contributed by atoms with Crippen LogP contribution < -0.4 is 5.73 Å². The zero-order chi connectivity index (χ0) is 11.0. The molecule has 3 heterocycles. The monoisotopic (exact) mass is 218 g/mol. The van der Waals surface area contributed by atoms with Crippen LogP contribution in [0.2, 0.25) is 0 Å². The molecular formula is C11H14N4O. The van der Waals surface area contributed by atoms with Crippen molar-refractivity contribution in [3.63, 3.8) is 0 Å².